The Bertz CT molecular complexity index is 896. The first-order valence-electron chi connectivity index (χ1n) is 8.72. The summed E-state index contributed by atoms with van der Waals surface area (Å²) in [6, 6.07) is 5.97. The molecule has 2 heterocycles. The molecule has 7 heteroatoms. The summed E-state index contributed by atoms with van der Waals surface area (Å²) in [5, 5.41) is 3.72. The van der Waals surface area contributed by atoms with E-state index in [1.54, 1.807) is 18.9 Å². The van der Waals surface area contributed by atoms with E-state index in [2.05, 4.69) is 10.1 Å². The van der Waals surface area contributed by atoms with Gasteiger partial charge in [0.15, 0.2) is 17.3 Å². The van der Waals surface area contributed by atoms with Gasteiger partial charge in [0.25, 0.3) is 5.56 Å². The molecule has 1 aromatic heterocycles. The highest BCUT2D eigenvalue weighted by atomic mass is 32.2. The van der Waals surface area contributed by atoms with Gasteiger partial charge in [0.05, 0.1) is 29.1 Å². The standard InChI is InChI=1S/C19H25N3O3S/c1-10(2)22-18-16(19(23)21-22)17(26-12(5)20-18)13-7-8-14(25-11(3)4)15(9-13)24-6/h7-11,17H,1-6H3,(H,21,23). The van der Waals surface area contributed by atoms with Crippen LogP contribution in [-0.2, 0) is 0 Å². The van der Waals surface area contributed by atoms with Gasteiger partial charge in [0, 0.05) is 6.04 Å². The fourth-order valence-electron chi connectivity index (χ4n) is 3.02. The molecule has 0 saturated carbocycles. The number of fused-ring (bicyclic) bond motifs is 1. The van der Waals surface area contributed by atoms with Crippen molar-refractivity contribution in [3.8, 4) is 11.5 Å². The Morgan fingerprint density at radius 1 is 1.23 bits per heavy atom. The minimum atomic E-state index is -0.131. The molecule has 0 bridgehead atoms. The first kappa shape index (κ1) is 18.6. The van der Waals surface area contributed by atoms with Gasteiger partial charge in [-0.3, -0.25) is 14.6 Å². The summed E-state index contributed by atoms with van der Waals surface area (Å²) in [6.45, 7) is 9.98. The average Bonchev–Trinajstić information content (AvgIpc) is 2.91. The van der Waals surface area contributed by atoms with Crippen LogP contribution in [0, 0.1) is 0 Å². The van der Waals surface area contributed by atoms with E-state index in [1.807, 2.05) is 57.5 Å². The summed E-state index contributed by atoms with van der Waals surface area (Å²) < 4.78 is 13.1. The fraction of sp³-hybridized carbons (Fsp3) is 0.474. The first-order valence-corrected chi connectivity index (χ1v) is 9.60. The molecule has 1 aromatic carbocycles. The molecule has 0 radical (unpaired) electrons. The molecule has 1 aliphatic heterocycles. The van der Waals surface area contributed by atoms with Gasteiger partial charge < -0.3 is 9.47 Å². The maximum Gasteiger partial charge on any atom is 0.271 e. The lowest BCUT2D eigenvalue weighted by Crippen LogP contribution is -2.14. The number of nitrogens with one attached hydrogen (secondary N) is 1. The zero-order valence-corrected chi connectivity index (χ0v) is 16.8. The maximum absolute atomic E-state index is 12.6. The number of aromatic amines is 1. The summed E-state index contributed by atoms with van der Waals surface area (Å²) in [5.74, 6) is 2.08. The van der Waals surface area contributed by atoms with Crippen molar-refractivity contribution >= 4 is 22.6 Å². The number of H-pyrrole nitrogens is 1. The van der Waals surface area contributed by atoms with Crippen LogP contribution < -0.4 is 15.0 Å². The highest BCUT2D eigenvalue weighted by molar-refractivity contribution is 8.14. The molecular weight excluding hydrogens is 350 g/mol. The lowest BCUT2D eigenvalue weighted by atomic mass is 10.1. The molecule has 3 rings (SSSR count). The Morgan fingerprint density at radius 2 is 1.96 bits per heavy atom. The van der Waals surface area contributed by atoms with E-state index in [0.29, 0.717) is 22.9 Å². The largest absolute Gasteiger partial charge is 0.493 e. The third-order valence-corrected chi connectivity index (χ3v) is 5.30. The molecule has 0 amide bonds. The highest BCUT2D eigenvalue weighted by Gasteiger charge is 2.31. The molecule has 1 N–H and O–H groups in total. The average molecular weight is 375 g/mol. The topological polar surface area (TPSA) is 68.6 Å². The molecule has 6 nitrogen and oxygen atoms in total. The van der Waals surface area contributed by atoms with Gasteiger partial charge in [-0.25, -0.2) is 4.99 Å². The normalized spacial score (nSPS) is 16.6. The zero-order chi connectivity index (χ0) is 19.0. The number of methoxy groups -OCH3 is 1. The third kappa shape index (κ3) is 3.40. The number of nitrogens with zero attached hydrogens (tertiary/aromatic N) is 2. The van der Waals surface area contributed by atoms with E-state index in [0.717, 1.165) is 10.6 Å². The minimum absolute atomic E-state index is 0.0581. The summed E-state index contributed by atoms with van der Waals surface area (Å²) in [6.07, 6.45) is 0.0581. The first-order chi connectivity index (χ1) is 12.3. The SMILES string of the molecule is COc1cc(C2SC(C)=Nc3c2c(=O)[nH]n3C(C)C)ccc1OC(C)C. The second kappa shape index (κ2) is 7.23. The molecule has 0 fully saturated rings. The van der Waals surface area contributed by atoms with Gasteiger partial charge in [-0.05, 0) is 52.3 Å². The van der Waals surface area contributed by atoms with E-state index >= 15 is 0 Å². The van der Waals surface area contributed by atoms with Crippen molar-refractivity contribution in [2.75, 3.05) is 7.11 Å². The van der Waals surface area contributed by atoms with Gasteiger partial charge in [0.1, 0.15) is 0 Å². The van der Waals surface area contributed by atoms with Crippen molar-refractivity contribution in [2.45, 2.75) is 52.0 Å². The molecule has 1 aliphatic rings. The smallest absolute Gasteiger partial charge is 0.271 e. The van der Waals surface area contributed by atoms with Crippen LogP contribution in [0.2, 0.25) is 0 Å². The molecule has 26 heavy (non-hydrogen) atoms. The molecule has 0 spiro atoms. The third-order valence-electron chi connectivity index (χ3n) is 4.12. The van der Waals surface area contributed by atoms with Crippen molar-refractivity contribution in [3.63, 3.8) is 0 Å². The molecule has 140 valence electrons. The lowest BCUT2D eigenvalue weighted by Gasteiger charge is -2.22. The molecule has 0 aliphatic carbocycles. The van der Waals surface area contributed by atoms with Gasteiger partial charge in [0.2, 0.25) is 0 Å². The second-order valence-electron chi connectivity index (χ2n) is 6.85. The Balaban J connectivity index is 2.09. The minimum Gasteiger partial charge on any atom is -0.493 e. The quantitative estimate of drug-likeness (QED) is 0.839. The Hall–Kier alpha value is -2.15. The van der Waals surface area contributed by atoms with Crippen molar-refractivity contribution < 1.29 is 9.47 Å². The number of aliphatic imine (C=N–C) groups is 1. The number of hydrogen-bond acceptors (Lipinski definition) is 5. The Morgan fingerprint density at radius 3 is 2.58 bits per heavy atom. The van der Waals surface area contributed by atoms with Gasteiger partial charge in [-0.1, -0.05) is 17.8 Å². The summed E-state index contributed by atoms with van der Waals surface area (Å²) in [4.78, 5) is 17.2. The summed E-state index contributed by atoms with van der Waals surface area (Å²) >= 11 is 1.58. The van der Waals surface area contributed by atoms with E-state index < -0.39 is 0 Å². The monoisotopic (exact) mass is 375 g/mol. The zero-order valence-electron chi connectivity index (χ0n) is 16.0. The van der Waals surface area contributed by atoms with Crippen LogP contribution in [0.3, 0.4) is 0 Å². The maximum atomic E-state index is 12.6. The van der Waals surface area contributed by atoms with Crippen LogP contribution in [0.4, 0.5) is 5.82 Å². The van der Waals surface area contributed by atoms with Crippen LogP contribution >= 0.6 is 11.8 Å². The number of hydrogen-bond donors (Lipinski definition) is 1. The van der Waals surface area contributed by atoms with Gasteiger partial charge in [-0.2, -0.15) is 0 Å². The number of thioether (sulfide) groups is 1. The van der Waals surface area contributed by atoms with Crippen molar-refractivity contribution in [2.24, 2.45) is 4.99 Å². The summed E-state index contributed by atoms with van der Waals surface area (Å²) in [7, 11) is 1.63. The Kier molecular flexibility index (Phi) is 5.18. The number of ether oxygens (including phenoxy) is 2. The van der Waals surface area contributed by atoms with E-state index in [4.69, 9.17) is 9.47 Å². The fourth-order valence-corrected chi connectivity index (χ4v) is 4.11. The number of benzene rings is 1. The van der Waals surface area contributed by atoms with E-state index in [-0.39, 0.29) is 23.0 Å². The molecule has 2 aromatic rings. The molecule has 1 atom stereocenters. The van der Waals surface area contributed by atoms with E-state index in [9.17, 15) is 4.79 Å². The van der Waals surface area contributed by atoms with Gasteiger partial charge >= 0.3 is 0 Å². The van der Waals surface area contributed by atoms with Gasteiger partial charge in [-0.15, -0.1) is 0 Å². The van der Waals surface area contributed by atoms with Crippen molar-refractivity contribution in [3.05, 3.63) is 39.7 Å². The second-order valence-corrected chi connectivity index (χ2v) is 8.15. The van der Waals surface area contributed by atoms with Crippen LogP contribution in [0.15, 0.2) is 28.0 Å². The number of aromatic nitrogens is 2. The van der Waals surface area contributed by atoms with Crippen LogP contribution in [0.25, 0.3) is 0 Å². The number of rotatable bonds is 5. The van der Waals surface area contributed by atoms with Crippen molar-refractivity contribution in [1.29, 1.82) is 0 Å². The van der Waals surface area contributed by atoms with Crippen molar-refractivity contribution in [1.82, 2.24) is 9.78 Å². The van der Waals surface area contributed by atoms with Crippen LogP contribution in [0.1, 0.15) is 57.0 Å². The predicted molar refractivity (Wildman–Crippen MR) is 106 cm³/mol. The lowest BCUT2D eigenvalue weighted by molar-refractivity contribution is 0.230. The van der Waals surface area contributed by atoms with Crippen LogP contribution in [-0.4, -0.2) is 28.0 Å². The molecular formula is C19H25N3O3S. The summed E-state index contributed by atoms with van der Waals surface area (Å²) in [5.41, 5.74) is 1.59. The molecule has 0 saturated heterocycles. The Labute approximate surface area is 157 Å². The van der Waals surface area contributed by atoms with Crippen LogP contribution in [0.5, 0.6) is 11.5 Å². The predicted octanol–water partition coefficient (Wildman–Crippen LogP) is 4.44. The highest BCUT2D eigenvalue weighted by Crippen LogP contribution is 2.45. The molecule has 1 unspecified atom stereocenters. The van der Waals surface area contributed by atoms with E-state index in [1.165, 1.54) is 0 Å².